The molecule has 0 amide bonds. The van der Waals surface area contributed by atoms with Crippen molar-refractivity contribution < 1.29 is 14.6 Å². The molecule has 0 spiro atoms. The van der Waals surface area contributed by atoms with Gasteiger partial charge in [-0.25, -0.2) is 0 Å². The lowest BCUT2D eigenvalue weighted by atomic mass is 10.00. The van der Waals surface area contributed by atoms with Crippen LogP contribution in [0, 0.1) is 0 Å². The van der Waals surface area contributed by atoms with Crippen LogP contribution in [0.25, 0.3) is 33.3 Å². The largest absolute Gasteiger partial charge is 0.459 e. The number of halogens is 1. The summed E-state index contributed by atoms with van der Waals surface area (Å²) in [6.45, 7) is 0.448. The number of hydrogen-bond acceptors (Lipinski definition) is 4. The third-order valence-electron chi connectivity index (χ3n) is 5.38. The zero-order valence-electron chi connectivity index (χ0n) is 16.2. The van der Waals surface area contributed by atoms with Crippen LogP contribution in [0.5, 0.6) is 6.01 Å². The highest BCUT2D eigenvalue weighted by atomic mass is 35.5. The van der Waals surface area contributed by atoms with Gasteiger partial charge in [0.1, 0.15) is 6.10 Å². The van der Waals surface area contributed by atoms with Gasteiger partial charge in [-0.1, -0.05) is 66.2 Å². The maximum Gasteiger partial charge on any atom is 0.294 e. The van der Waals surface area contributed by atoms with Crippen LogP contribution in [-0.4, -0.2) is 40.5 Å². The molecule has 2 atom stereocenters. The highest BCUT2D eigenvalue weighted by Gasteiger charge is 2.27. The molecule has 1 saturated heterocycles. The Kier molecular flexibility index (Phi) is 5.17. The molecule has 0 radical (unpaired) electrons. The summed E-state index contributed by atoms with van der Waals surface area (Å²) in [5, 5.41) is 9.84. The van der Waals surface area contributed by atoms with Gasteiger partial charge >= 0.3 is 0 Å². The zero-order chi connectivity index (χ0) is 20.5. The molecule has 30 heavy (non-hydrogen) atoms. The highest BCUT2D eigenvalue weighted by molar-refractivity contribution is 6.34. The van der Waals surface area contributed by atoms with Crippen molar-refractivity contribution in [2.45, 2.75) is 18.6 Å². The lowest BCUT2D eigenvalue weighted by Gasteiger charge is -2.08. The molecule has 5 rings (SSSR count). The number of aromatic amines is 1. The summed E-state index contributed by atoms with van der Waals surface area (Å²) in [7, 11) is 0. The van der Waals surface area contributed by atoms with Gasteiger partial charge in [-0.2, -0.15) is 4.98 Å². The van der Waals surface area contributed by atoms with Gasteiger partial charge in [0.05, 0.1) is 35.4 Å². The van der Waals surface area contributed by atoms with E-state index in [1.165, 1.54) is 5.56 Å². The first-order valence-electron chi connectivity index (χ1n) is 9.94. The molecule has 1 aliphatic heterocycles. The van der Waals surface area contributed by atoms with Crippen LogP contribution in [0.2, 0.25) is 5.02 Å². The van der Waals surface area contributed by atoms with Crippen molar-refractivity contribution in [3.05, 3.63) is 71.8 Å². The summed E-state index contributed by atoms with van der Waals surface area (Å²) in [6.07, 6.45) is 0.357. The van der Waals surface area contributed by atoms with Gasteiger partial charge in [-0.15, -0.1) is 0 Å². The summed E-state index contributed by atoms with van der Waals surface area (Å²) in [5.74, 6) is 0. The minimum atomic E-state index is -0.167. The van der Waals surface area contributed by atoms with E-state index in [0.717, 1.165) is 27.7 Å². The molecule has 0 saturated carbocycles. The van der Waals surface area contributed by atoms with E-state index >= 15 is 0 Å². The number of benzene rings is 3. The van der Waals surface area contributed by atoms with Crippen LogP contribution < -0.4 is 4.74 Å². The molecule has 0 bridgehead atoms. The number of nitrogens with one attached hydrogen (secondary N) is 1. The molecule has 6 heteroatoms. The lowest BCUT2D eigenvalue weighted by molar-refractivity contribution is 0.0528. The Morgan fingerprint density at radius 3 is 2.50 bits per heavy atom. The Bertz CT molecular complexity index is 1160. The third kappa shape index (κ3) is 3.79. The zero-order valence-corrected chi connectivity index (χ0v) is 17.0. The number of H-pyrrole nitrogens is 1. The van der Waals surface area contributed by atoms with E-state index in [4.69, 9.17) is 21.1 Å². The topological polar surface area (TPSA) is 67.4 Å². The Hall–Kier alpha value is -2.86. The molecule has 0 aliphatic carbocycles. The molecule has 1 fully saturated rings. The summed E-state index contributed by atoms with van der Waals surface area (Å²) in [4.78, 5) is 7.73. The maximum atomic E-state index is 9.20. The van der Waals surface area contributed by atoms with Crippen molar-refractivity contribution in [3.63, 3.8) is 0 Å². The first-order chi connectivity index (χ1) is 14.7. The van der Waals surface area contributed by atoms with E-state index in [0.29, 0.717) is 24.1 Å². The number of hydrogen-bond donors (Lipinski definition) is 2. The average molecular weight is 421 g/mol. The van der Waals surface area contributed by atoms with Crippen LogP contribution in [0.4, 0.5) is 0 Å². The number of aliphatic hydroxyl groups excluding tert-OH is 1. The number of aromatic nitrogens is 2. The molecule has 4 aromatic rings. The fourth-order valence-corrected chi connectivity index (χ4v) is 4.07. The van der Waals surface area contributed by atoms with Crippen molar-refractivity contribution in [2.24, 2.45) is 0 Å². The van der Waals surface area contributed by atoms with Gasteiger partial charge in [-0.3, -0.25) is 0 Å². The minimum absolute atomic E-state index is 0.00200. The van der Waals surface area contributed by atoms with Gasteiger partial charge in [-0.05, 0) is 28.8 Å². The monoisotopic (exact) mass is 420 g/mol. The highest BCUT2D eigenvalue weighted by Crippen LogP contribution is 2.34. The second kappa shape index (κ2) is 8.11. The SMILES string of the molecule is OCC1CC(Oc2nc3cc(-c4ccc(-c5ccccc5)cc4)c(Cl)cc3[nH]2)CO1. The molecule has 2 unspecified atom stereocenters. The summed E-state index contributed by atoms with van der Waals surface area (Å²) < 4.78 is 11.4. The molecule has 2 N–H and O–H groups in total. The van der Waals surface area contributed by atoms with Crippen molar-refractivity contribution in [1.82, 2.24) is 9.97 Å². The molecular weight excluding hydrogens is 400 g/mol. The van der Waals surface area contributed by atoms with Crippen LogP contribution in [-0.2, 0) is 4.74 Å². The van der Waals surface area contributed by atoms with Gasteiger partial charge in [0.15, 0.2) is 0 Å². The Morgan fingerprint density at radius 2 is 1.77 bits per heavy atom. The quantitative estimate of drug-likeness (QED) is 0.472. The molecule has 2 heterocycles. The number of aliphatic hydroxyl groups is 1. The van der Waals surface area contributed by atoms with Crippen LogP contribution in [0.15, 0.2) is 66.7 Å². The maximum absolute atomic E-state index is 9.20. The minimum Gasteiger partial charge on any atom is -0.459 e. The molecule has 3 aromatic carbocycles. The molecule has 152 valence electrons. The van der Waals surface area contributed by atoms with Crippen LogP contribution in [0.3, 0.4) is 0 Å². The fourth-order valence-electron chi connectivity index (χ4n) is 3.80. The standard InChI is InChI=1S/C24H21ClN2O3/c25-21-12-23-22(26-24(27-23)30-19-10-18(13-28)29-14-19)11-20(21)17-8-6-16(7-9-17)15-4-2-1-3-5-15/h1-9,11-12,18-19,28H,10,13-14H2,(H,26,27). The average Bonchev–Trinajstić information content (AvgIpc) is 3.40. The Labute approximate surface area is 179 Å². The molecule has 1 aliphatic rings. The van der Waals surface area contributed by atoms with Gasteiger partial charge in [0.2, 0.25) is 0 Å². The Balaban J connectivity index is 1.40. The van der Waals surface area contributed by atoms with E-state index in [-0.39, 0.29) is 18.8 Å². The smallest absolute Gasteiger partial charge is 0.294 e. The number of ether oxygens (including phenoxy) is 2. The van der Waals surface area contributed by atoms with Crippen molar-refractivity contribution in [2.75, 3.05) is 13.2 Å². The molecular formula is C24H21ClN2O3. The number of nitrogens with zero attached hydrogens (tertiary/aromatic N) is 1. The first kappa shape index (κ1) is 19.1. The van der Waals surface area contributed by atoms with Crippen molar-refractivity contribution in [3.8, 4) is 28.3 Å². The number of imidazole rings is 1. The third-order valence-corrected chi connectivity index (χ3v) is 5.69. The second-order valence-corrected chi connectivity index (χ2v) is 7.86. The number of rotatable bonds is 5. The van der Waals surface area contributed by atoms with Gasteiger partial charge in [0, 0.05) is 12.0 Å². The Morgan fingerprint density at radius 1 is 1.03 bits per heavy atom. The van der Waals surface area contributed by atoms with E-state index in [1.807, 2.05) is 30.3 Å². The number of fused-ring (bicyclic) bond motifs is 1. The van der Waals surface area contributed by atoms with Gasteiger partial charge < -0.3 is 19.6 Å². The van der Waals surface area contributed by atoms with Crippen LogP contribution in [0.1, 0.15) is 6.42 Å². The molecule has 5 nitrogen and oxygen atoms in total. The second-order valence-electron chi connectivity index (χ2n) is 7.45. The van der Waals surface area contributed by atoms with Crippen molar-refractivity contribution in [1.29, 1.82) is 0 Å². The van der Waals surface area contributed by atoms with E-state index in [1.54, 1.807) is 0 Å². The van der Waals surface area contributed by atoms with Gasteiger partial charge in [0.25, 0.3) is 6.01 Å². The molecule has 1 aromatic heterocycles. The predicted octanol–water partition coefficient (Wildman–Crippen LogP) is 5.08. The summed E-state index contributed by atoms with van der Waals surface area (Å²) in [5.41, 5.74) is 5.89. The summed E-state index contributed by atoms with van der Waals surface area (Å²) >= 11 is 6.58. The first-order valence-corrected chi connectivity index (χ1v) is 10.3. The fraction of sp³-hybridized carbons (Fsp3) is 0.208. The summed E-state index contributed by atoms with van der Waals surface area (Å²) in [6, 6.07) is 22.9. The van der Waals surface area contributed by atoms with Crippen molar-refractivity contribution >= 4 is 22.6 Å². The normalized spacial score (nSPS) is 18.7. The van der Waals surface area contributed by atoms with E-state index < -0.39 is 0 Å². The lowest BCUT2D eigenvalue weighted by Crippen LogP contribution is -2.17. The van der Waals surface area contributed by atoms with Crippen LogP contribution >= 0.6 is 11.6 Å². The van der Waals surface area contributed by atoms with E-state index in [9.17, 15) is 5.11 Å². The predicted molar refractivity (Wildman–Crippen MR) is 118 cm³/mol. The van der Waals surface area contributed by atoms with E-state index in [2.05, 4.69) is 46.4 Å².